The molecule has 1 saturated carbocycles. The maximum absolute atomic E-state index is 11.7. The lowest BCUT2D eigenvalue weighted by Gasteiger charge is -2.34. The number of nitrogens with one attached hydrogen (secondary N) is 1. The fourth-order valence-electron chi connectivity index (χ4n) is 2.70. The van der Waals surface area contributed by atoms with Crippen LogP contribution in [0.1, 0.15) is 26.2 Å². The predicted octanol–water partition coefficient (Wildman–Crippen LogP) is 0.713. The van der Waals surface area contributed by atoms with Crippen LogP contribution in [0, 0.1) is 5.92 Å². The van der Waals surface area contributed by atoms with Crippen LogP contribution < -0.4 is 5.32 Å². The van der Waals surface area contributed by atoms with E-state index in [0.717, 1.165) is 32.4 Å². The molecule has 1 aliphatic carbocycles. The lowest BCUT2D eigenvalue weighted by Crippen LogP contribution is -2.60. The monoisotopic (exact) mass is 271 g/mol. The topological polar surface area (TPSA) is 55.8 Å². The molecule has 0 amide bonds. The highest BCUT2D eigenvalue weighted by Gasteiger charge is 2.51. The van der Waals surface area contributed by atoms with Crippen molar-refractivity contribution < 1.29 is 9.90 Å². The number of hydrogen-bond donors (Lipinski definition) is 2. The van der Waals surface area contributed by atoms with Crippen molar-refractivity contribution >= 4 is 5.97 Å². The molecule has 1 rings (SSSR count). The van der Waals surface area contributed by atoms with E-state index >= 15 is 0 Å². The summed E-state index contributed by atoms with van der Waals surface area (Å²) in [4.78, 5) is 16.0. The maximum Gasteiger partial charge on any atom is 0.325 e. The third-order valence-corrected chi connectivity index (χ3v) is 3.81. The smallest absolute Gasteiger partial charge is 0.325 e. The van der Waals surface area contributed by atoms with Gasteiger partial charge in [-0.2, -0.15) is 0 Å². The van der Waals surface area contributed by atoms with Crippen molar-refractivity contribution in [3.63, 3.8) is 0 Å². The molecular weight excluding hydrogens is 242 g/mol. The Balaban J connectivity index is 2.54. The molecule has 112 valence electrons. The van der Waals surface area contributed by atoms with Crippen molar-refractivity contribution in [2.24, 2.45) is 5.92 Å². The fraction of sp³-hybridized carbons (Fsp3) is 0.929. The summed E-state index contributed by atoms with van der Waals surface area (Å²) in [5.41, 5.74) is -0.748. The first-order valence-electron chi connectivity index (χ1n) is 7.24. The third kappa shape index (κ3) is 4.75. The number of carboxylic acids is 1. The number of likely N-dealkylation sites (N-methyl/N-ethyl adjacent to an activating group) is 2. The van der Waals surface area contributed by atoms with Gasteiger partial charge in [0.1, 0.15) is 5.54 Å². The van der Waals surface area contributed by atoms with Crippen LogP contribution in [-0.4, -0.2) is 73.7 Å². The Hall–Kier alpha value is -0.650. The van der Waals surface area contributed by atoms with E-state index in [9.17, 15) is 9.90 Å². The fourth-order valence-corrected chi connectivity index (χ4v) is 2.70. The molecule has 0 aromatic rings. The normalized spacial score (nSPS) is 18.8. The number of rotatable bonds is 10. The average Bonchev–Trinajstić information content (AvgIpc) is 3.11. The van der Waals surface area contributed by atoms with Gasteiger partial charge in [-0.25, -0.2) is 0 Å². The highest BCUT2D eigenvalue weighted by molar-refractivity contribution is 5.80. The van der Waals surface area contributed by atoms with Gasteiger partial charge in [-0.15, -0.1) is 0 Å². The minimum atomic E-state index is -0.748. The van der Waals surface area contributed by atoms with E-state index in [-0.39, 0.29) is 0 Å². The molecule has 1 aliphatic rings. The van der Waals surface area contributed by atoms with Crippen LogP contribution in [0.3, 0.4) is 0 Å². The van der Waals surface area contributed by atoms with E-state index in [1.54, 1.807) is 0 Å². The average molecular weight is 271 g/mol. The molecule has 5 nitrogen and oxygen atoms in total. The summed E-state index contributed by atoms with van der Waals surface area (Å²) in [6.07, 6.45) is 3.13. The minimum absolute atomic E-state index is 0.293. The number of carbonyl (C=O) groups is 1. The molecule has 0 radical (unpaired) electrons. The molecular formula is C14H29N3O2. The Kier molecular flexibility index (Phi) is 6.23. The van der Waals surface area contributed by atoms with Crippen molar-refractivity contribution in [2.75, 3.05) is 47.3 Å². The van der Waals surface area contributed by atoms with Crippen LogP contribution in [0.25, 0.3) is 0 Å². The van der Waals surface area contributed by atoms with Gasteiger partial charge in [0.15, 0.2) is 0 Å². The Morgan fingerprint density at radius 1 is 1.32 bits per heavy atom. The Morgan fingerprint density at radius 2 is 1.95 bits per heavy atom. The summed E-state index contributed by atoms with van der Waals surface area (Å²) >= 11 is 0. The summed E-state index contributed by atoms with van der Waals surface area (Å²) in [5, 5.41) is 12.9. The summed E-state index contributed by atoms with van der Waals surface area (Å²) < 4.78 is 0. The largest absolute Gasteiger partial charge is 0.480 e. The van der Waals surface area contributed by atoms with Crippen molar-refractivity contribution in [3.05, 3.63) is 0 Å². The molecule has 0 aromatic heterocycles. The molecule has 1 unspecified atom stereocenters. The first kappa shape index (κ1) is 16.4. The second kappa shape index (κ2) is 7.22. The quantitative estimate of drug-likeness (QED) is 0.613. The van der Waals surface area contributed by atoms with Gasteiger partial charge in [0.05, 0.1) is 0 Å². The first-order valence-corrected chi connectivity index (χ1v) is 7.24. The summed E-state index contributed by atoms with van der Waals surface area (Å²) in [7, 11) is 6.14. The zero-order valence-corrected chi connectivity index (χ0v) is 12.8. The molecule has 2 N–H and O–H groups in total. The lowest BCUT2D eigenvalue weighted by molar-refractivity contribution is -0.146. The van der Waals surface area contributed by atoms with Gasteiger partial charge in [0.2, 0.25) is 0 Å². The van der Waals surface area contributed by atoms with Gasteiger partial charge in [0, 0.05) is 6.54 Å². The zero-order chi connectivity index (χ0) is 14.5. The van der Waals surface area contributed by atoms with Gasteiger partial charge < -0.3 is 20.2 Å². The van der Waals surface area contributed by atoms with Crippen LogP contribution in [0.5, 0.6) is 0 Å². The summed E-state index contributed by atoms with van der Waals surface area (Å²) in [6.45, 7) is 5.25. The van der Waals surface area contributed by atoms with E-state index in [4.69, 9.17) is 0 Å². The highest BCUT2D eigenvalue weighted by atomic mass is 16.4. The van der Waals surface area contributed by atoms with E-state index in [0.29, 0.717) is 19.0 Å². The van der Waals surface area contributed by atoms with E-state index in [1.807, 2.05) is 14.0 Å². The molecule has 1 fully saturated rings. The maximum atomic E-state index is 11.7. The molecule has 0 aliphatic heterocycles. The van der Waals surface area contributed by atoms with E-state index in [1.165, 1.54) is 0 Å². The summed E-state index contributed by atoms with van der Waals surface area (Å²) in [5.74, 6) is -0.405. The minimum Gasteiger partial charge on any atom is -0.480 e. The van der Waals surface area contributed by atoms with Crippen LogP contribution in [0.4, 0.5) is 0 Å². The predicted molar refractivity (Wildman–Crippen MR) is 77.4 cm³/mol. The molecule has 1 atom stereocenters. The number of nitrogens with zero attached hydrogens (tertiary/aromatic N) is 2. The molecule has 0 spiro atoms. The second-order valence-corrected chi connectivity index (χ2v) is 5.98. The number of aliphatic carboxylic acids is 1. The second-order valence-electron chi connectivity index (χ2n) is 5.98. The van der Waals surface area contributed by atoms with Gasteiger partial charge in [-0.3, -0.25) is 4.79 Å². The zero-order valence-electron chi connectivity index (χ0n) is 12.8. The lowest BCUT2D eigenvalue weighted by atomic mass is 9.92. The third-order valence-electron chi connectivity index (χ3n) is 3.81. The molecule has 0 aromatic carbocycles. The molecule has 0 bridgehead atoms. The van der Waals surface area contributed by atoms with Crippen LogP contribution in [0.2, 0.25) is 0 Å². The van der Waals surface area contributed by atoms with Crippen LogP contribution in [0.15, 0.2) is 0 Å². The molecule has 0 heterocycles. The Labute approximate surface area is 117 Å². The number of hydrogen-bond acceptors (Lipinski definition) is 4. The number of carboxylic acid groups (broad SMARTS) is 1. The van der Waals surface area contributed by atoms with E-state index < -0.39 is 11.5 Å². The van der Waals surface area contributed by atoms with Crippen molar-refractivity contribution in [1.82, 2.24) is 15.1 Å². The van der Waals surface area contributed by atoms with Gasteiger partial charge in [0.25, 0.3) is 0 Å². The SMILES string of the molecule is CCNC(CN(C)CCCN(C)C)(C(=O)O)C1CC1. The first-order chi connectivity index (χ1) is 8.92. The van der Waals surface area contributed by atoms with Crippen LogP contribution >= 0.6 is 0 Å². The van der Waals surface area contributed by atoms with Crippen molar-refractivity contribution in [2.45, 2.75) is 31.7 Å². The molecule has 0 saturated heterocycles. The van der Waals surface area contributed by atoms with Gasteiger partial charge in [-0.1, -0.05) is 6.92 Å². The van der Waals surface area contributed by atoms with E-state index in [2.05, 4.69) is 29.2 Å². The Bertz CT molecular complexity index is 292. The van der Waals surface area contributed by atoms with Gasteiger partial charge >= 0.3 is 5.97 Å². The highest BCUT2D eigenvalue weighted by Crippen LogP contribution is 2.40. The molecule has 5 heteroatoms. The van der Waals surface area contributed by atoms with Crippen molar-refractivity contribution in [3.8, 4) is 0 Å². The van der Waals surface area contributed by atoms with Crippen molar-refractivity contribution in [1.29, 1.82) is 0 Å². The Morgan fingerprint density at radius 3 is 2.37 bits per heavy atom. The standard InChI is InChI=1S/C14H29N3O2/c1-5-15-14(13(18)19,12-7-8-12)11-17(4)10-6-9-16(2)3/h12,15H,5-11H2,1-4H3,(H,18,19). The summed E-state index contributed by atoms with van der Waals surface area (Å²) in [6, 6.07) is 0. The molecule has 19 heavy (non-hydrogen) atoms. The van der Waals surface area contributed by atoms with Gasteiger partial charge in [-0.05, 0) is 66.0 Å². The van der Waals surface area contributed by atoms with Crippen LogP contribution in [-0.2, 0) is 4.79 Å².